The van der Waals surface area contributed by atoms with E-state index in [1.54, 1.807) is 12.1 Å². The Labute approximate surface area is 190 Å². The van der Waals surface area contributed by atoms with Gasteiger partial charge in [-0.2, -0.15) is 0 Å². The number of amides is 1. The Hall–Kier alpha value is -2.54. The Bertz CT molecular complexity index is 1130. The molecule has 0 spiro atoms. The lowest BCUT2D eigenvalue weighted by Gasteiger charge is -2.41. The molecule has 32 heavy (non-hydrogen) atoms. The van der Waals surface area contributed by atoms with Crippen molar-refractivity contribution in [2.75, 3.05) is 31.0 Å². The zero-order valence-corrected chi connectivity index (χ0v) is 19.3. The molecule has 0 bridgehead atoms. The second kappa shape index (κ2) is 8.43. The van der Waals surface area contributed by atoms with Crippen LogP contribution in [0.15, 0.2) is 47.4 Å². The first kappa shape index (κ1) is 21.3. The molecule has 1 amide bonds. The number of hydrogen-bond acceptors (Lipinski definition) is 4. The fourth-order valence-electron chi connectivity index (χ4n) is 5.66. The molecule has 0 radical (unpaired) electrons. The molecule has 0 unspecified atom stereocenters. The summed E-state index contributed by atoms with van der Waals surface area (Å²) in [6.07, 6.45) is 6.68. The number of rotatable bonds is 4. The number of fused-ring (bicyclic) bond motifs is 2. The number of anilines is 1. The van der Waals surface area contributed by atoms with Gasteiger partial charge in [-0.1, -0.05) is 37.5 Å². The maximum absolute atomic E-state index is 13.5. The molecule has 5 rings (SSSR count). The minimum absolute atomic E-state index is 0.130. The first-order valence-corrected chi connectivity index (χ1v) is 13.0. The second-order valence-electron chi connectivity index (χ2n) is 9.16. The van der Waals surface area contributed by atoms with E-state index in [4.69, 9.17) is 4.74 Å². The van der Waals surface area contributed by atoms with E-state index in [9.17, 15) is 13.2 Å². The van der Waals surface area contributed by atoms with E-state index in [-0.39, 0.29) is 10.8 Å². The molecule has 2 aliphatic heterocycles. The van der Waals surface area contributed by atoms with Crippen molar-refractivity contribution in [2.24, 2.45) is 11.8 Å². The topological polar surface area (TPSA) is 66.9 Å². The van der Waals surface area contributed by atoms with E-state index in [1.807, 2.05) is 29.2 Å². The van der Waals surface area contributed by atoms with Crippen LogP contribution in [0.4, 0.5) is 5.69 Å². The molecule has 1 saturated heterocycles. The highest BCUT2D eigenvalue weighted by Gasteiger charge is 2.35. The Kier molecular flexibility index (Phi) is 5.61. The lowest BCUT2D eigenvalue weighted by molar-refractivity contribution is 0.0518. The van der Waals surface area contributed by atoms with Crippen LogP contribution in [0, 0.1) is 11.8 Å². The van der Waals surface area contributed by atoms with E-state index < -0.39 is 10.0 Å². The van der Waals surface area contributed by atoms with Crippen LogP contribution in [-0.4, -0.2) is 46.0 Å². The van der Waals surface area contributed by atoms with Crippen LogP contribution in [0.5, 0.6) is 5.75 Å². The van der Waals surface area contributed by atoms with Gasteiger partial charge in [0.2, 0.25) is 0 Å². The smallest absolute Gasteiger partial charge is 0.264 e. The van der Waals surface area contributed by atoms with Gasteiger partial charge in [0, 0.05) is 19.6 Å². The number of carbonyl (C=O) groups excluding carboxylic acids is 1. The van der Waals surface area contributed by atoms with E-state index in [1.165, 1.54) is 43.2 Å². The number of para-hydroxylation sites is 1. The number of piperidine rings is 1. The zero-order chi connectivity index (χ0) is 22.3. The molecule has 1 saturated carbocycles. The molecule has 2 fully saturated rings. The Balaban J connectivity index is 1.45. The van der Waals surface area contributed by atoms with Crippen molar-refractivity contribution in [3.8, 4) is 5.75 Å². The number of nitrogens with zero attached hydrogens (tertiary/aromatic N) is 2. The van der Waals surface area contributed by atoms with Crippen LogP contribution in [0.1, 0.15) is 48.0 Å². The fraction of sp³-hybridized carbons (Fsp3) is 0.480. The summed E-state index contributed by atoms with van der Waals surface area (Å²) in [4.78, 5) is 15.5. The summed E-state index contributed by atoms with van der Waals surface area (Å²) < 4.78 is 33.9. The van der Waals surface area contributed by atoms with E-state index in [0.717, 1.165) is 36.7 Å². The number of ether oxygens (including phenoxy) is 1. The molecule has 2 heterocycles. The zero-order valence-electron chi connectivity index (χ0n) is 18.5. The average molecular weight is 455 g/mol. The highest BCUT2D eigenvalue weighted by molar-refractivity contribution is 7.92. The summed E-state index contributed by atoms with van der Waals surface area (Å²) in [5.41, 5.74) is 2.07. The highest BCUT2D eigenvalue weighted by Crippen LogP contribution is 2.38. The number of likely N-dealkylation sites (tertiary alicyclic amines) is 1. The van der Waals surface area contributed by atoms with Crippen LogP contribution in [0.2, 0.25) is 0 Å². The lowest BCUT2D eigenvalue weighted by Crippen LogP contribution is -2.44. The molecule has 2 aromatic rings. The fourth-order valence-corrected chi connectivity index (χ4v) is 7.19. The van der Waals surface area contributed by atoms with Gasteiger partial charge in [-0.25, -0.2) is 8.42 Å². The Morgan fingerprint density at radius 2 is 1.78 bits per heavy atom. The third-order valence-electron chi connectivity index (χ3n) is 7.41. The van der Waals surface area contributed by atoms with Crippen molar-refractivity contribution in [3.63, 3.8) is 0 Å². The molecule has 2 atom stereocenters. The third-order valence-corrected chi connectivity index (χ3v) is 9.22. The van der Waals surface area contributed by atoms with Gasteiger partial charge in [-0.05, 0) is 60.9 Å². The van der Waals surface area contributed by atoms with E-state index >= 15 is 0 Å². The number of methoxy groups -OCH3 is 1. The molecule has 0 aromatic heterocycles. The van der Waals surface area contributed by atoms with E-state index in [0.29, 0.717) is 30.2 Å². The standard InChI is InChI=1S/C25H30N2O4S/c1-31-24-11-10-21(32(29,30)27-15-13-19-7-4-5-9-23(19)27)16-22(24)25(28)26-14-12-18-6-2-3-8-20(18)17-26/h4-5,7,9-11,16,18,20H,2-3,6,8,12-15,17H2,1H3/t18-,20+/m1/s1. The van der Waals surface area contributed by atoms with Crippen LogP contribution in [-0.2, 0) is 16.4 Å². The summed E-state index contributed by atoms with van der Waals surface area (Å²) in [5.74, 6) is 1.56. The number of hydrogen-bond donors (Lipinski definition) is 0. The van der Waals surface area contributed by atoms with Crippen molar-refractivity contribution in [1.29, 1.82) is 0 Å². The number of benzene rings is 2. The van der Waals surface area contributed by atoms with Gasteiger partial charge in [0.15, 0.2) is 0 Å². The third kappa shape index (κ3) is 3.66. The van der Waals surface area contributed by atoms with Gasteiger partial charge in [0.05, 0.1) is 23.3 Å². The van der Waals surface area contributed by atoms with Crippen LogP contribution in [0.3, 0.4) is 0 Å². The SMILES string of the molecule is COc1ccc(S(=O)(=O)N2CCc3ccccc32)cc1C(=O)N1CC[C@H]2CCCC[C@H]2C1. The average Bonchev–Trinajstić information content (AvgIpc) is 3.28. The number of carbonyl (C=O) groups is 1. The summed E-state index contributed by atoms with van der Waals surface area (Å²) in [7, 11) is -2.26. The minimum atomic E-state index is -3.78. The quantitative estimate of drug-likeness (QED) is 0.698. The van der Waals surface area contributed by atoms with Gasteiger partial charge < -0.3 is 9.64 Å². The van der Waals surface area contributed by atoms with Crippen molar-refractivity contribution in [3.05, 3.63) is 53.6 Å². The summed E-state index contributed by atoms with van der Waals surface area (Å²) in [5, 5.41) is 0. The second-order valence-corrected chi connectivity index (χ2v) is 11.0. The summed E-state index contributed by atoms with van der Waals surface area (Å²) in [6.45, 7) is 1.88. The molecule has 6 nitrogen and oxygen atoms in total. The lowest BCUT2D eigenvalue weighted by atomic mass is 9.75. The molecule has 0 N–H and O–H groups in total. The van der Waals surface area contributed by atoms with Crippen LogP contribution < -0.4 is 9.04 Å². The normalized spacial score (nSPS) is 22.9. The molecule has 1 aliphatic carbocycles. The van der Waals surface area contributed by atoms with E-state index in [2.05, 4.69) is 0 Å². The van der Waals surface area contributed by atoms with Gasteiger partial charge >= 0.3 is 0 Å². The van der Waals surface area contributed by atoms with Gasteiger partial charge in [-0.15, -0.1) is 0 Å². The first-order chi connectivity index (χ1) is 15.5. The molecule has 2 aromatic carbocycles. The number of sulfonamides is 1. The van der Waals surface area contributed by atoms with Crippen molar-refractivity contribution in [2.45, 2.75) is 43.4 Å². The largest absolute Gasteiger partial charge is 0.496 e. The molecule has 3 aliphatic rings. The predicted molar refractivity (Wildman–Crippen MR) is 124 cm³/mol. The Morgan fingerprint density at radius 1 is 1.00 bits per heavy atom. The van der Waals surface area contributed by atoms with Gasteiger partial charge in [-0.3, -0.25) is 9.10 Å². The monoisotopic (exact) mass is 454 g/mol. The molecule has 7 heteroatoms. The van der Waals surface area contributed by atoms with Crippen molar-refractivity contribution in [1.82, 2.24) is 4.90 Å². The Morgan fingerprint density at radius 3 is 2.59 bits per heavy atom. The molecule has 170 valence electrons. The minimum Gasteiger partial charge on any atom is -0.496 e. The van der Waals surface area contributed by atoms with Crippen LogP contribution in [0.25, 0.3) is 0 Å². The maximum Gasteiger partial charge on any atom is 0.264 e. The van der Waals surface area contributed by atoms with Gasteiger partial charge in [0.25, 0.3) is 15.9 Å². The molecular weight excluding hydrogens is 424 g/mol. The summed E-state index contributed by atoms with van der Waals surface area (Å²) >= 11 is 0. The van der Waals surface area contributed by atoms with Crippen molar-refractivity contribution >= 4 is 21.6 Å². The van der Waals surface area contributed by atoms with Gasteiger partial charge in [0.1, 0.15) is 5.75 Å². The maximum atomic E-state index is 13.5. The molecular formula is C25H30N2O4S. The van der Waals surface area contributed by atoms with Crippen LogP contribution >= 0.6 is 0 Å². The highest BCUT2D eigenvalue weighted by atomic mass is 32.2. The summed E-state index contributed by atoms with van der Waals surface area (Å²) in [6, 6.07) is 12.2. The first-order valence-electron chi connectivity index (χ1n) is 11.6. The van der Waals surface area contributed by atoms with Crippen molar-refractivity contribution < 1.29 is 17.9 Å². The predicted octanol–water partition coefficient (Wildman–Crippen LogP) is 4.10.